The maximum absolute atomic E-state index is 14.2. The van der Waals surface area contributed by atoms with E-state index in [2.05, 4.69) is 10.1 Å². The molecular formula is C23H18F2N4O2. The van der Waals surface area contributed by atoms with Gasteiger partial charge < -0.3 is 9.67 Å². The third-order valence-corrected chi connectivity index (χ3v) is 5.74. The van der Waals surface area contributed by atoms with E-state index in [1.54, 1.807) is 23.1 Å². The van der Waals surface area contributed by atoms with Gasteiger partial charge >= 0.3 is 0 Å². The van der Waals surface area contributed by atoms with Crippen LogP contribution >= 0.6 is 0 Å². The van der Waals surface area contributed by atoms with Gasteiger partial charge in [0.2, 0.25) is 5.43 Å². The minimum Gasteiger partial charge on any atom is -0.503 e. The number of aryl methyl sites for hydroxylation is 1. The highest BCUT2D eigenvalue weighted by atomic mass is 19.2. The maximum atomic E-state index is 14.2. The number of rotatable bonds is 3. The van der Waals surface area contributed by atoms with Crippen LogP contribution in [0.3, 0.4) is 0 Å². The Kier molecular flexibility index (Phi) is 4.43. The number of halogens is 2. The number of fused-ring (bicyclic) bond motifs is 3. The number of aromatic hydroxyl groups is 1. The monoisotopic (exact) mass is 420 g/mol. The SMILES string of the molecule is Cc1ccc([C@@H](c2ccc(F)c(F)c2)[C@H]2Cn3ccnc3-c3c(O)c(=O)cnn32)cc1. The van der Waals surface area contributed by atoms with Crippen LogP contribution < -0.4 is 5.43 Å². The van der Waals surface area contributed by atoms with Crippen LogP contribution in [0.15, 0.2) is 65.8 Å². The Morgan fingerprint density at radius 2 is 1.84 bits per heavy atom. The Morgan fingerprint density at radius 1 is 1.10 bits per heavy atom. The zero-order valence-corrected chi connectivity index (χ0v) is 16.5. The molecule has 2 atom stereocenters. The Hall–Kier alpha value is -3.81. The number of benzene rings is 2. The molecule has 0 aliphatic carbocycles. The van der Waals surface area contributed by atoms with Gasteiger partial charge in [-0.3, -0.25) is 9.48 Å². The lowest BCUT2D eigenvalue weighted by molar-refractivity contribution is 0.330. The van der Waals surface area contributed by atoms with Crippen molar-refractivity contribution in [3.63, 3.8) is 0 Å². The van der Waals surface area contributed by atoms with Crippen LogP contribution in [0.2, 0.25) is 0 Å². The van der Waals surface area contributed by atoms with Crippen molar-refractivity contribution in [2.24, 2.45) is 0 Å². The molecule has 3 heterocycles. The van der Waals surface area contributed by atoms with E-state index in [0.29, 0.717) is 17.9 Å². The zero-order valence-electron chi connectivity index (χ0n) is 16.5. The predicted molar refractivity (Wildman–Crippen MR) is 110 cm³/mol. The van der Waals surface area contributed by atoms with E-state index in [-0.39, 0.29) is 5.69 Å². The number of hydrogen-bond donors (Lipinski definition) is 1. The largest absolute Gasteiger partial charge is 0.503 e. The minimum atomic E-state index is -0.940. The summed E-state index contributed by atoms with van der Waals surface area (Å²) in [6.07, 6.45) is 4.39. The standard InChI is InChI=1S/C23H18F2N4O2/c1-13-2-4-14(5-3-13)20(15-6-7-16(24)17(25)10-15)18-12-28-9-8-26-23(28)21-22(31)19(30)11-27-29(18)21/h2-11,18,20,31H,12H2,1H3/t18-,20+/m1/s1. The van der Waals surface area contributed by atoms with Gasteiger partial charge in [0, 0.05) is 24.9 Å². The molecule has 2 aromatic heterocycles. The molecule has 0 radical (unpaired) electrons. The molecule has 0 amide bonds. The van der Waals surface area contributed by atoms with Crippen molar-refractivity contribution in [2.75, 3.05) is 0 Å². The van der Waals surface area contributed by atoms with Gasteiger partial charge in [-0.05, 0) is 30.2 Å². The summed E-state index contributed by atoms with van der Waals surface area (Å²) in [7, 11) is 0. The fourth-order valence-corrected chi connectivity index (χ4v) is 4.23. The highest BCUT2D eigenvalue weighted by Gasteiger charge is 2.35. The molecule has 0 fully saturated rings. The smallest absolute Gasteiger partial charge is 0.242 e. The second-order valence-electron chi connectivity index (χ2n) is 7.68. The zero-order chi connectivity index (χ0) is 21.7. The molecule has 5 rings (SSSR count). The average molecular weight is 420 g/mol. The van der Waals surface area contributed by atoms with E-state index in [1.165, 1.54) is 6.07 Å². The van der Waals surface area contributed by atoms with Crippen LogP contribution in [0, 0.1) is 18.6 Å². The summed E-state index contributed by atoms with van der Waals surface area (Å²) in [5, 5.41) is 14.8. The van der Waals surface area contributed by atoms with Crippen molar-refractivity contribution in [1.29, 1.82) is 0 Å². The van der Waals surface area contributed by atoms with Crippen LogP contribution in [-0.4, -0.2) is 24.4 Å². The molecule has 4 aromatic rings. The van der Waals surface area contributed by atoms with E-state index < -0.39 is 34.8 Å². The van der Waals surface area contributed by atoms with Crippen LogP contribution in [0.4, 0.5) is 8.78 Å². The van der Waals surface area contributed by atoms with Crippen molar-refractivity contribution in [2.45, 2.75) is 25.4 Å². The third kappa shape index (κ3) is 3.11. The first-order valence-electron chi connectivity index (χ1n) is 9.78. The molecule has 1 N–H and O–H groups in total. The van der Waals surface area contributed by atoms with E-state index in [9.17, 15) is 18.7 Å². The summed E-state index contributed by atoms with van der Waals surface area (Å²) in [6.45, 7) is 2.38. The molecule has 0 saturated carbocycles. The summed E-state index contributed by atoms with van der Waals surface area (Å²) in [5.41, 5.74) is 2.08. The highest BCUT2D eigenvalue weighted by molar-refractivity contribution is 5.60. The summed E-state index contributed by atoms with van der Waals surface area (Å²) in [5.74, 6) is -2.32. The van der Waals surface area contributed by atoms with Crippen LogP contribution in [0.25, 0.3) is 11.5 Å². The molecule has 6 nitrogen and oxygen atoms in total. The molecule has 8 heteroatoms. The van der Waals surface area contributed by atoms with Crippen molar-refractivity contribution in [3.05, 3.63) is 99.6 Å². The number of nitrogens with zero attached hydrogens (tertiary/aromatic N) is 4. The Morgan fingerprint density at radius 3 is 2.58 bits per heavy atom. The molecule has 0 unspecified atom stereocenters. The molecule has 0 bridgehead atoms. The fraction of sp³-hybridized carbons (Fsp3) is 0.174. The maximum Gasteiger partial charge on any atom is 0.242 e. The molecule has 2 aromatic carbocycles. The first-order valence-corrected chi connectivity index (χ1v) is 9.78. The van der Waals surface area contributed by atoms with Gasteiger partial charge in [-0.25, -0.2) is 13.8 Å². The fourth-order valence-electron chi connectivity index (χ4n) is 4.23. The molecule has 1 aliphatic rings. The Bertz CT molecular complexity index is 1340. The molecule has 1 aliphatic heterocycles. The van der Waals surface area contributed by atoms with Crippen molar-refractivity contribution in [3.8, 4) is 17.3 Å². The molecule has 31 heavy (non-hydrogen) atoms. The molecule has 156 valence electrons. The van der Waals surface area contributed by atoms with E-state index in [4.69, 9.17) is 0 Å². The lowest BCUT2D eigenvalue weighted by Crippen LogP contribution is -2.32. The summed E-state index contributed by atoms with van der Waals surface area (Å²) < 4.78 is 31.3. The lowest BCUT2D eigenvalue weighted by Gasteiger charge is -2.34. The second-order valence-corrected chi connectivity index (χ2v) is 7.68. The molecule has 0 spiro atoms. The molecular weight excluding hydrogens is 402 g/mol. The van der Waals surface area contributed by atoms with Crippen LogP contribution in [-0.2, 0) is 6.54 Å². The summed E-state index contributed by atoms with van der Waals surface area (Å²) >= 11 is 0. The van der Waals surface area contributed by atoms with Gasteiger partial charge in [-0.1, -0.05) is 35.9 Å². The summed E-state index contributed by atoms with van der Waals surface area (Å²) in [6, 6.07) is 11.2. The predicted octanol–water partition coefficient (Wildman–Crippen LogP) is 3.79. The first kappa shape index (κ1) is 19.2. The normalized spacial score (nSPS) is 15.9. The quantitative estimate of drug-likeness (QED) is 0.547. The van der Waals surface area contributed by atoms with Gasteiger partial charge in [0.15, 0.2) is 23.2 Å². The van der Waals surface area contributed by atoms with Crippen molar-refractivity contribution >= 4 is 0 Å². The highest BCUT2D eigenvalue weighted by Crippen LogP contribution is 2.42. The first-order chi connectivity index (χ1) is 14.9. The van der Waals surface area contributed by atoms with Gasteiger partial charge in [-0.2, -0.15) is 5.10 Å². The van der Waals surface area contributed by atoms with E-state index >= 15 is 0 Å². The van der Waals surface area contributed by atoms with E-state index in [1.807, 2.05) is 35.8 Å². The topological polar surface area (TPSA) is 72.9 Å². The number of aromatic nitrogens is 4. The van der Waals surface area contributed by atoms with Crippen LogP contribution in [0.5, 0.6) is 5.75 Å². The van der Waals surface area contributed by atoms with Gasteiger partial charge in [-0.15, -0.1) is 0 Å². The van der Waals surface area contributed by atoms with Gasteiger partial charge in [0.25, 0.3) is 0 Å². The summed E-state index contributed by atoms with van der Waals surface area (Å²) in [4.78, 5) is 16.4. The lowest BCUT2D eigenvalue weighted by atomic mass is 9.83. The van der Waals surface area contributed by atoms with Crippen molar-refractivity contribution < 1.29 is 13.9 Å². The minimum absolute atomic E-state index is 0.202. The van der Waals surface area contributed by atoms with Crippen LogP contribution in [0.1, 0.15) is 28.7 Å². The third-order valence-electron chi connectivity index (χ3n) is 5.74. The molecule has 0 saturated heterocycles. The van der Waals surface area contributed by atoms with Crippen molar-refractivity contribution in [1.82, 2.24) is 19.3 Å². The second kappa shape index (κ2) is 7.16. The van der Waals surface area contributed by atoms with Gasteiger partial charge in [0.1, 0.15) is 5.69 Å². The number of hydrogen-bond acceptors (Lipinski definition) is 4. The Balaban J connectivity index is 1.76. The average Bonchev–Trinajstić information content (AvgIpc) is 3.23. The number of imidazole rings is 1. The van der Waals surface area contributed by atoms with Gasteiger partial charge in [0.05, 0.1) is 12.2 Å². The Labute approximate surface area is 176 Å². The van der Waals surface area contributed by atoms with E-state index in [0.717, 1.165) is 23.4 Å².